The minimum Gasteiger partial charge on any atom is -0.370 e. The number of guanidine groups is 1. The molecule has 6 nitrogen and oxygen atoms in total. The van der Waals surface area contributed by atoms with Gasteiger partial charge in [-0.3, -0.25) is 9.79 Å². The highest BCUT2D eigenvalue weighted by molar-refractivity contribution is 5.77. The van der Waals surface area contributed by atoms with Crippen molar-refractivity contribution in [3.8, 4) is 0 Å². The molecule has 6 heteroatoms. The lowest BCUT2D eigenvalue weighted by Gasteiger charge is -2.06. The predicted octanol–water partition coefficient (Wildman–Crippen LogP) is -0.951. The van der Waals surface area contributed by atoms with E-state index in [1.807, 2.05) is 0 Å². The van der Waals surface area contributed by atoms with Crippen LogP contribution in [0.3, 0.4) is 0 Å². The highest BCUT2D eigenvalue weighted by Gasteiger charge is 1.95. The molecule has 0 aliphatic carbocycles. The third kappa shape index (κ3) is 10.6. The van der Waals surface area contributed by atoms with Crippen LogP contribution in [0.25, 0.3) is 0 Å². The molecule has 15 heavy (non-hydrogen) atoms. The molecule has 0 unspecified atom stereocenters. The van der Waals surface area contributed by atoms with Gasteiger partial charge in [0.05, 0.1) is 6.61 Å². The van der Waals surface area contributed by atoms with Crippen LogP contribution in [0.1, 0.15) is 13.8 Å². The monoisotopic (exact) mass is 216 g/mol. The van der Waals surface area contributed by atoms with E-state index < -0.39 is 5.91 Å². The molecule has 0 saturated heterocycles. The Morgan fingerprint density at radius 3 is 2.67 bits per heavy atom. The molecular weight excluding hydrogens is 196 g/mol. The molecule has 0 aromatic heterocycles. The van der Waals surface area contributed by atoms with Gasteiger partial charge in [-0.2, -0.15) is 0 Å². The van der Waals surface area contributed by atoms with Gasteiger partial charge in [-0.15, -0.1) is 0 Å². The van der Waals surface area contributed by atoms with Gasteiger partial charge in [0.25, 0.3) is 0 Å². The van der Waals surface area contributed by atoms with E-state index in [9.17, 15) is 4.79 Å². The van der Waals surface area contributed by atoms with Crippen molar-refractivity contribution in [1.29, 1.82) is 0 Å². The van der Waals surface area contributed by atoms with Gasteiger partial charge in [-0.25, -0.2) is 0 Å². The standard InChI is InChI=1S/C9H20N4O2/c1-7(2)5-13-9(11)12-3-4-15-6-8(10)14/h7H,3-6H2,1-2H3,(H2,10,14)(H3,11,12,13). The maximum Gasteiger partial charge on any atom is 0.243 e. The van der Waals surface area contributed by atoms with Gasteiger partial charge in [0.2, 0.25) is 5.91 Å². The number of amides is 1. The molecule has 0 heterocycles. The maximum atomic E-state index is 10.3. The van der Waals surface area contributed by atoms with Gasteiger partial charge in [0, 0.05) is 13.1 Å². The summed E-state index contributed by atoms with van der Waals surface area (Å²) in [5, 5.41) is 2.86. The molecule has 0 aromatic carbocycles. The first-order chi connectivity index (χ1) is 7.02. The van der Waals surface area contributed by atoms with Crippen LogP contribution in [0.4, 0.5) is 0 Å². The van der Waals surface area contributed by atoms with Crippen molar-refractivity contribution in [3.63, 3.8) is 0 Å². The molecule has 0 aliphatic heterocycles. The van der Waals surface area contributed by atoms with E-state index in [1.54, 1.807) is 0 Å². The number of aliphatic imine (C=N–C) groups is 1. The fourth-order valence-electron chi connectivity index (χ4n) is 0.761. The summed E-state index contributed by atoms with van der Waals surface area (Å²) in [6, 6.07) is 0. The number of ether oxygens (including phenoxy) is 1. The maximum absolute atomic E-state index is 10.3. The van der Waals surface area contributed by atoms with Crippen LogP contribution in [-0.4, -0.2) is 38.2 Å². The van der Waals surface area contributed by atoms with E-state index in [-0.39, 0.29) is 6.61 Å². The average molecular weight is 216 g/mol. The van der Waals surface area contributed by atoms with Crippen LogP contribution in [0, 0.1) is 5.92 Å². The lowest BCUT2D eigenvalue weighted by molar-refractivity contribution is -0.122. The number of nitrogens with zero attached hydrogens (tertiary/aromatic N) is 1. The first-order valence-electron chi connectivity index (χ1n) is 4.92. The van der Waals surface area contributed by atoms with Crippen molar-refractivity contribution in [2.75, 3.05) is 26.3 Å². The normalized spacial score (nSPS) is 11.8. The summed E-state index contributed by atoms with van der Waals surface area (Å²) >= 11 is 0. The highest BCUT2D eigenvalue weighted by atomic mass is 16.5. The zero-order valence-electron chi connectivity index (χ0n) is 9.32. The predicted molar refractivity (Wildman–Crippen MR) is 59.3 cm³/mol. The number of nitrogens with one attached hydrogen (secondary N) is 1. The topological polar surface area (TPSA) is 103 Å². The van der Waals surface area contributed by atoms with Crippen LogP contribution < -0.4 is 16.8 Å². The highest BCUT2D eigenvalue weighted by Crippen LogP contribution is 1.90. The summed E-state index contributed by atoms with van der Waals surface area (Å²) in [6.45, 7) is 5.65. The van der Waals surface area contributed by atoms with Gasteiger partial charge in [-0.05, 0) is 5.92 Å². The van der Waals surface area contributed by atoms with Crippen molar-refractivity contribution < 1.29 is 9.53 Å². The molecule has 0 spiro atoms. The molecular formula is C9H20N4O2. The van der Waals surface area contributed by atoms with Crippen molar-refractivity contribution in [3.05, 3.63) is 0 Å². The van der Waals surface area contributed by atoms with Crippen LogP contribution >= 0.6 is 0 Å². The minimum atomic E-state index is -0.476. The Kier molecular flexibility index (Phi) is 7.35. The quantitative estimate of drug-likeness (QED) is 0.290. The zero-order chi connectivity index (χ0) is 11.7. The molecule has 5 N–H and O–H groups in total. The summed E-state index contributed by atoms with van der Waals surface area (Å²) < 4.78 is 4.92. The summed E-state index contributed by atoms with van der Waals surface area (Å²) in [4.78, 5) is 14.4. The van der Waals surface area contributed by atoms with E-state index in [0.717, 1.165) is 0 Å². The lowest BCUT2D eigenvalue weighted by atomic mass is 10.2. The first kappa shape index (κ1) is 13.7. The SMILES string of the molecule is CC(C)CN=C(N)NCCOCC(N)=O. The summed E-state index contributed by atoms with van der Waals surface area (Å²) in [7, 11) is 0. The first-order valence-corrected chi connectivity index (χ1v) is 4.92. The average Bonchev–Trinajstić information content (AvgIpc) is 2.13. The van der Waals surface area contributed by atoms with Gasteiger partial charge in [0.1, 0.15) is 6.61 Å². The van der Waals surface area contributed by atoms with Gasteiger partial charge in [0.15, 0.2) is 5.96 Å². The zero-order valence-corrected chi connectivity index (χ0v) is 9.32. The van der Waals surface area contributed by atoms with Crippen LogP contribution in [0.15, 0.2) is 4.99 Å². The number of primary amides is 1. The smallest absolute Gasteiger partial charge is 0.243 e. The number of hydrogen-bond acceptors (Lipinski definition) is 3. The van der Waals surface area contributed by atoms with E-state index >= 15 is 0 Å². The van der Waals surface area contributed by atoms with Crippen molar-refractivity contribution in [2.24, 2.45) is 22.4 Å². The van der Waals surface area contributed by atoms with Crippen LogP contribution in [0.2, 0.25) is 0 Å². The fraction of sp³-hybridized carbons (Fsp3) is 0.778. The van der Waals surface area contributed by atoms with E-state index in [0.29, 0.717) is 31.6 Å². The Morgan fingerprint density at radius 2 is 2.13 bits per heavy atom. The molecule has 1 amide bonds. The molecule has 0 atom stereocenters. The van der Waals surface area contributed by atoms with E-state index in [1.165, 1.54) is 0 Å². The Morgan fingerprint density at radius 1 is 1.47 bits per heavy atom. The number of carbonyl (C=O) groups excluding carboxylic acids is 1. The van der Waals surface area contributed by atoms with Crippen LogP contribution in [0.5, 0.6) is 0 Å². The van der Waals surface area contributed by atoms with Crippen molar-refractivity contribution in [1.82, 2.24) is 5.32 Å². The number of carbonyl (C=O) groups is 1. The second-order valence-corrected chi connectivity index (χ2v) is 3.57. The molecule has 88 valence electrons. The van der Waals surface area contributed by atoms with Crippen LogP contribution in [-0.2, 0) is 9.53 Å². The number of hydrogen-bond donors (Lipinski definition) is 3. The fourth-order valence-corrected chi connectivity index (χ4v) is 0.761. The second kappa shape index (κ2) is 8.05. The third-order valence-electron chi connectivity index (χ3n) is 1.42. The molecule has 0 aliphatic rings. The summed E-state index contributed by atoms with van der Waals surface area (Å²) in [5.74, 6) is 0.402. The number of rotatable bonds is 7. The third-order valence-corrected chi connectivity index (χ3v) is 1.42. The molecule has 0 radical (unpaired) electrons. The molecule has 0 saturated carbocycles. The van der Waals surface area contributed by atoms with Crippen molar-refractivity contribution >= 4 is 11.9 Å². The lowest BCUT2D eigenvalue weighted by Crippen LogP contribution is -2.35. The molecule has 0 fully saturated rings. The Bertz CT molecular complexity index is 216. The van der Waals surface area contributed by atoms with Gasteiger partial charge < -0.3 is 21.5 Å². The second-order valence-electron chi connectivity index (χ2n) is 3.57. The van der Waals surface area contributed by atoms with Crippen molar-refractivity contribution in [2.45, 2.75) is 13.8 Å². The molecule has 0 bridgehead atoms. The Hall–Kier alpha value is -1.30. The minimum absolute atomic E-state index is 0.0648. The Balaban J connectivity index is 3.42. The molecule has 0 rings (SSSR count). The number of nitrogens with two attached hydrogens (primary N) is 2. The van der Waals surface area contributed by atoms with E-state index in [2.05, 4.69) is 24.2 Å². The summed E-state index contributed by atoms with van der Waals surface area (Å²) in [6.07, 6.45) is 0. The van der Waals surface area contributed by atoms with Gasteiger partial charge in [-0.1, -0.05) is 13.8 Å². The molecule has 0 aromatic rings. The Labute approximate surface area is 90.1 Å². The summed E-state index contributed by atoms with van der Waals surface area (Å²) in [5.41, 5.74) is 10.4. The largest absolute Gasteiger partial charge is 0.370 e. The van der Waals surface area contributed by atoms with Gasteiger partial charge >= 0.3 is 0 Å². The van der Waals surface area contributed by atoms with E-state index in [4.69, 9.17) is 16.2 Å².